The lowest BCUT2D eigenvalue weighted by Crippen LogP contribution is -2.33. The molecule has 2 rings (SSSR count). The summed E-state index contributed by atoms with van der Waals surface area (Å²) in [6.07, 6.45) is 3.84. The third-order valence-electron chi connectivity index (χ3n) is 4.08. The summed E-state index contributed by atoms with van der Waals surface area (Å²) in [6.45, 7) is 10.0. The topological polar surface area (TPSA) is 28.2 Å². The number of hydrogen-bond donors (Lipinski definition) is 1. The molecule has 0 aliphatic carbocycles. The van der Waals surface area contributed by atoms with Gasteiger partial charge in [0.05, 0.1) is 5.69 Å². The average Bonchev–Trinajstić information content (AvgIpc) is 2.93. The fraction of sp³-hybridized carbons (Fsp3) is 0.800. The Labute approximate surface area is 121 Å². The smallest absolute Gasteiger partial charge is 0.186 e. The molecule has 4 heteroatoms. The Kier molecular flexibility index (Phi) is 4.85. The van der Waals surface area contributed by atoms with E-state index in [0.717, 1.165) is 6.54 Å². The molecule has 0 spiro atoms. The monoisotopic (exact) mass is 281 g/mol. The van der Waals surface area contributed by atoms with Crippen LogP contribution in [0.2, 0.25) is 0 Å². The van der Waals surface area contributed by atoms with Gasteiger partial charge in [-0.15, -0.1) is 11.3 Å². The first-order valence-corrected chi connectivity index (χ1v) is 8.32. The first-order valence-electron chi connectivity index (χ1n) is 7.51. The maximum absolute atomic E-state index is 4.96. The van der Waals surface area contributed by atoms with Gasteiger partial charge in [0.1, 0.15) is 0 Å². The molecule has 1 aliphatic heterocycles. The predicted octanol–water partition coefficient (Wildman–Crippen LogP) is 3.75. The van der Waals surface area contributed by atoms with Crippen molar-refractivity contribution in [3.63, 3.8) is 0 Å². The Bertz CT molecular complexity index is 414. The highest BCUT2D eigenvalue weighted by atomic mass is 32.1. The molecule has 0 radical (unpaired) electrons. The minimum Gasteiger partial charge on any atom is -0.342 e. The molecule has 19 heavy (non-hydrogen) atoms. The lowest BCUT2D eigenvalue weighted by Gasteiger charge is -2.27. The Hall–Kier alpha value is -0.610. The zero-order valence-electron chi connectivity index (χ0n) is 12.9. The minimum absolute atomic E-state index is 0.506. The second-order valence-electron chi connectivity index (χ2n) is 5.89. The van der Waals surface area contributed by atoms with Crippen molar-refractivity contribution in [3.05, 3.63) is 10.6 Å². The van der Waals surface area contributed by atoms with Crippen LogP contribution in [0.3, 0.4) is 0 Å². The van der Waals surface area contributed by atoms with Gasteiger partial charge in [-0.1, -0.05) is 20.8 Å². The summed E-state index contributed by atoms with van der Waals surface area (Å²) in [4.78, 5) is 8.93. The van der Waals surface area contributed by atoms with Gasteiger partial charge >= 0.3 is 0 Å². The second-order valence-corrected chi connectivity index (χ2v) is 6.95. The number of nitrogens with one attached hydrogen (secondary N) is 1. The van der Waals surface area contributed by atoms with Crippen molar-refractivity contribution in [1.82, 2.24) is 10.3 Å². The summed E-state index contributed by atoms with van der Waals surface area (Å²) in [7, 11) is 2.01. The van der Waals surface area contributed by atoms with E-state index >= 15 is 0 Å². The van der Waals surface area contributed by atoms with E-state index in [4.69, 9.17) is 4.98 Å². The number of aromatic nitrogens is 1. The van der Waals surface area contributed by atoms with E-state index < -0.39 is 0 Å². The van der Waals surface area contributed by atoms with Crippen LogP contribution in [0.5, 0.6) is 0 Å². The van der Waals surface area contributed by atoms with Gasteiger partial charge in [0.15, 0.2) is 5.13 Å². The molecule has 1 fully saturated rings. The Morgan fingerprint density at radius 1 is 1.42 bits per heavy atom. The molecule has 1 N–H and O–H groups in total. The summed E-state index contributed by atoms with van der Waals surface area (Å²) in [5.41, 5.74) is 1.28. The third-order valence-corrected chi connectivity index (χ3v) is 5.16. The molecule has 0 amide bonds. The van der Waals surface area contributed by atoms with E-state index in [1.165, 1.54) is 35.0 Å². The molecular weight excluding hydrogens is 254 g/mol. The van der Waals surface area contributed by atoms with Gasteiger partial charge in [-0.3, -0.25) is 0 Å². The fourth-order valence-corrected chi connectivity index (χ4v) is 4.42. The third kappa shape index (κ3) is 2.95. The highest BCUT2D eigenvalue weighted by Crippen LogP contribution is 2.37. The summed E-state index contributed by atoms with van der Waals surface area (Å²) >= 11 is 1.88. The van der Waals surface area contributed by atoms with Crippen molar-refractivity contribution >= 4 is 16.5 Å². The van der Waals surface area contributed by atoms with Crippen molar-refractivity contribution in [2.45, 2.75) is 71.5 Å². The molecule has 108 valence electrons. The number of rotatable bonds is 5. The van der Waals surface area contributed by atoms with Crippen molar-refractivity contribution in [2.24, 2.45) is 0 Å². The van der Waals surface area contributed by atoms with Gasteiger partial charge in [-0.05, 0) is 39.2 Å². The Morgan fingerprint density at radius 3 is 2.74 bits per heavy atom. The quantitative estimate of drug-likeness (QED) is 0.891. The van der Waals surface area contributed by atoms with Crippen LogP contribution >= 0.6 is 11.3 Å². The number of nitrogens with zero attached hydrogens (tertiary/aromatic N) is 2. The predicted molar refractivity (Wildman–Crippen MR) is 84.2 cm³/mol. The van der Waals surface area contributed by atoms with Crippen LogP contribution in [0, 0.1) is 0 Å². The van der Waals surface area contributed by atoms with Gasteiger partial charge in [-0.2, -0.15) is 0 Å². The van der Waals surface area contributed by atoms with Gasteiger partial charge in [0.2, 0.25) is 0 Å². The molecular formula is C15H27N3S. The molecule has 2 heterocycles. The van der Waals surface area contributed by atoms with Crippen molar-refractivity contribution in [2.75, 3.05) is 11.9 Å². The van der Waals surface area contributed by atoms with E-state index in [-0.39, 0.29) is 0 Å². The maximum Gasteiger partial charge on any atom is 0.186 e. The summed E-state index contributed by atoms with van der Waals surface area (Å²) in [5.74, 6) is 0.506. The van der Waals surface area contributed by atoms with Crippen LogP contribution in [-0.4, -0.2) is 24.1 Å². The highest BCUT2D eigenvalue weighted by molar-refractivity contribution is 7.15. The highest BCUT2D eigenvalue weighted by Gasteiger charge is 2.32. The minimum atomic E-state index is 0.506. The van der Waals surface area contributed by atoms with Crippen LogP contribution in [0.25, 0.3) is 0 Å². The molecule has 0 bridgehead atoms. The van der Waals surface area contributed by atoms with E-state index in [9.17, 15) is 0 Å². The molecule has 1 saturated heterocycles. The summed E-state index contributed by atoms with van der Waals surface area (Å²) < 4.78 is 0. The molecule has 1 aromatic heterocycles. The van der Waals surface area contributed by atoms with Gasteiger partial charge in [-0.25, -0.2) is 4.98 Å². The van der Waals surface area contributed by atoms with Gasteiger partial charge < -0.3 is 10.2 Å². The fourth-order valence-electron chi connectivity index (χ4n) is 3.02. The lowest BCUT2D eigenvalue weighted by molar-refractivity contribution is 0.624. The van der Waals surface area contributed by atoms with Crippen molar-refractivity contribution < 1.29 is 0 Å². The number of anilines is 1. The molecule has 1 aromatic rings. The average molecular weight is 281 g/mol. The van der Waals surface area contributed by atoms with E-state index in [2.05, 4.69) is 37.9 Å². The summed E-state index contributed by atoms with van der Waals surface area (Å²) in [6, 6.07) is 1.32. The standard InChI is InChI=1S/C15H27N3S/c1-6-12-8-7-11(4)18(12)15-17-14(10(2)3)13(19-15)9-16-5/h10-12,16H,6-9H2,1-5H3. The SMILES string of the molecule is CCC1CCC(C)N1c1nc(C(C)C)c(CNC)s1. The van der Waals surface area contributed by atoms with Crippen LogP contribution in [-0.2, 0) is 6.54 Å². The maximum atomic E-state index is 4.96. The van der Waals surface area contributed by atoms with Crippen molar-refractivity contribution in [3.8, 4) is 0 Å². The largest absolute Gasteiger partial charge is 0.342 e. The van der Waals surface area contributed by atoms with Crippen LogP contribution < -0.4 is 10.2 Å². The van der Waals surface area contributed by atoms with Crippen molar-refractivity contribution in [1.29, 1.82) is 0 Å². The second kappa shape index (κ2) is 6.23. The van der Waals surface area contributed by atoms with Gasteiger partial charge in [0.25, 0.3) is 0 Å². The van der Waals surface area contributed by atoms with E-state index in [0.29, 0.717) is 18.0 Å². The number of thiazole rings is 1. The van der Waals surface area contributed by atoms with E-state index in [1.54, 1.807) is 0 Å². The zero-order chi connectivity index (χ0) is 14.0. The lowest BCUT2D eigenvalue weighted by atomic mass is 10.1. The van der Waals surface area contributed by atoms with Crippen LogP contribution in [0.1, 0.15) is 63.4 Å². The first kappa shape index (κ1) is 14.8. The van der Waals surface area contributed by atoms with Crippen LogP contribution in [0.15, 0.2) is 0 Å². The molecule has 0 aromatic carbocycles. The number of hydrogen-bond acceptors (Lipinski definition) is 4. The Balaban J connectivity index is 2.31. The molecule has 0 saturated carbocycles. The molecule has 2 unspecified atom stereocenters. The van der Waals surface area contributed by atoms with Crippen LogP contribution in [0.4, 0.5) is 5.13 Å². The molecule has 3 nitrogen and oxygen atoms in total. The normalized spacial score (nSPS) is 23.6. The molecule has 1 aliphatic rings. The Morgan fingerprint density at radius 2 is 2.16 bits per heavy atom. The first-order chi connectivity index (χ1) is 9.08. The van der Waals surface area contributed by atoms with Gasteiger partial charge in [0, 0.05) is 23.5 Å². The van der Waals surface area contributed by atoms with E-state index in [1.807, 2.05) is 18.4 Å². The zero-order valence-corrected chi connectivity index (χ0v) is 13.7. The summed E-state index contributed by atoms with van der Waals surface area (Å²) in [5, 5.41) is 4.51. The molecule has 2 atom stereocenters.